The number of ether oxygens (including phenoxy) is 4. The third-order valence-corrected chi connectivity index (χ3v) is 22.1. The van der Waals surface area contributed by atoms with Crippen LogP contribution in [-0.2, 0) is 33.8 Å². The first-order valence-electron chi connectivity index (χ1n) is 33.9. The minimum atomic E-state index is -2.15. The smallest absolute Gasteiger partial charge is 0.308 e. The molecular formula is C73H123NO7Si. The molecule has 3 atom stereocenters. The molecule has 0 aliphatic heterocycles. The zero-order valence-electron chi connectivity index (χ0n) is 54.5. The van der Waals surface area contributed by atoms with E-state index in [0.717, 1.165) is 145 Å². The van der Waals surface area contributed by atoms with Crippen molar-refractivity contribution in [1.29, 1.82) is 0 Å². The van der Waals surface area contributed by atoms with Crippen LogP contribution in [0.5, 0.6) is 5.75 Å². The van der Waals surface area contributed by atoms with Gasteiger partial charge >= 0.3 is 11.9 Å². The van der Waals surface area contributed by atoms with E-state index in [1.54, 1.807) is 7.11 Å². The van der Waals surface area contributed by atoms with E-state index < -0.39 is 13.9 Å². The quantitative estimate of drug-likeness (QED) is 0.0239. The van der Waals surface area contributed by atoms with E-state index in [1.165, 1.54) is 103 Å². The number of hydrogen-bond donors (Lipinski definition) is 0. The van der Waals surface area contributed by atoms with Crippen LogP contribution in [0.4, 0.5) is 0 Å². The lowest BCUT2D eigenvalue weighted by atomic mass is 9.80. The van der Waals surface area contributed by atoms with E-state index in [4.69, 9.17) is 23.4 Å². The van der Waals surface area contributed by atoms with Gasteiger partial charge < -0.3 is 28.3 Å². The molecule has 9 heteroatoms. The van der Waals surface area contributed by atoms with Crippen LogP contribution in [0.2, 0.25) is 18.1 Å². The van der Waals surface area contributed by atoms with E-state index >= 15 is 0 Å². The van der Waals surface area contributed by atoms with E-state index in [9.17, 15) is 9.59 Å². The maximum atomic E-state index is 13.6. The topological polar surface area (TPSA) is 83.5 Å². The summed E-state index contributed by atoms with van der Waals surface area (Å²) >= 11 is 0. The van der Waals surface area contributed by atoms with Gasteiger partial charge in [-0.1, -0.05) is 263 Å². The average Bonchev–Trinajstić information content (AvgIpc) is 2.16. The number of carbonyl (C=O) groups excluding carboxylic acids is 2. The Morgan fingerprint density at radius 2 is 0.829 bits per heavy atom. The molecule has 8 nitrogen and oxygen atoms in total. The second-order valence-electron chi connectivity index (χ2n) is 25.6. The number of esters is 2. The standard InChI is InChI=1S/C73H123NO7Si/c1-11-15-19-23-25-33-46-63(44-31-21-17-13-3)70(75)78-59-41-28-27-40-57-74(58-43-61-80-73(65-48-35-29-36-49-65,66-50-37-30-38-51-66)67-53-55-68(77-8)56-54-67)62-69(81-82(9,10)72(5,6)7)52-39-42-60-79-71(76)64(45-32-22-18-14-4)47-34-26-24-20-16-12-2/h29-30,35-38,48-51,53-56,63-64,69H,11-28,31-34,39-47,52,57-62H2,1-10H3. The summed E-state index contributed by atoms with van der Waals surface area (Å²) in [6.45, 7) is 25.0. The first kappa shape index (κ1) is 72.8. The van der Waals surface area contributed by atoms with Gasteiger partial charge in [0.05, 0.1) is 38.3 Å². The van der Waals surface area contributed by atoms with Gasteiger partial charge in [0.25, 0.3) is 0 Å². The van der Waals surface area contributed by atoms with Crippen molar-refractivity contribution in [3.05, 3.63) is 102 Å². The molecule has 0 heterocycles. The molecule has 466 valence electrons. The number of carbonyl (C=O) groups is 2. The number of nitrogens with zero attached hydrogens (tertiary/aromatic N) is 1. The summed E-state index contributed by atoms with van der Waals surface area (Å²) in [6.07, 6.45) is 35.9. The second kappa shape index (κ2) is 44.0. The van der Waals surface area contributed by atoms with Gasteiger partial charge in [0.15, 0.2) is 8.32 Å². The maximum Gasteiger partial charge on any atom is 0.308 e. The lowest BCUT2D eigenvalue weighted by molar-refractivity contribution is -0.150. The average molecular weight is 1150 g/mol. The highest BCUT2D eigenvalue weighted by atomic mass is 28.4. The number of benzene rings is 3. The first-order valence-corrected chi connectivity index (χ1v) is 36.8. The fourth-order valence-electron chi connectivity index (χ4n) is 11.4. The predicted molar refractivity (Wildman–Crippen MR) is 350 cm³/mol. The molecule has 0 saturated carbocycles. The molecule has 0 aliphatic rings. The lowest BCUT2D eigenvalue weighted by Crippen LogP contribution is -2.47. The molecule has 0 spiro atoms. The van der Waals surface area contributed by atoms with Crippen LogP contribution in [0.3, 0.4) is 0 Å². The summed E-state index contributed by atoms with van der Waals surface area (Å²) in [5.74, 6) is 0.921. The number of hydrogen-bond acceptors (Lipinski definition) is 8. The van der Waals surface area contributed by atoms with E-state index in [2.05, 4.69) is 139 Å². The van der Waals surface area contributed by atoms with Crippen LogP contribution >= 0.6 is 0 Å². The van der Waals surface area contributed by atoms with Crippen LogP contribution in [0.15, 0.2) is 84.9 Å². The zero-order valence-corrected chi connectivity index (χ0v) is 55.5. The third-order valence-electron chi connectivity index (χ3n) is 17.6. The van der Waals surface area contributed by atoms with Crippen molar-refractivity contribution in [2.24, 2.45) is 11.8 Å². The summed E-state index contributed by atoms with van der Waals surface area (Å²) in [5.41, 5.74) is 2.40. The van der Waals surface area contributed by atoms with Crippen molar-refractivity contribution >= 4 is 20.3 Å². The molecule has 3 rings (SSSR count). The normalized spacial score (nSPS) is 13.3. The van der Waals surface area contributed by atoms with Crippen LogP contribution in [-0.4, -0.2) is 77.8 Å². The van der Waals surface area contributed by atoms with Crippen LogP contribution in [0.1, 0.15) is 271 Å². The maximum absolute atomic E-state index is 13.6. The van der Waals surface area contributed by atoms with Gasteiger partial charge in [0.1, 0.15) is 11.4 Å². The summed E-state index contributed by atoms with van der Waals surface area (Å²) in [4.78, 5) is 29.8. The predicted octanol–water partition coefficient (Wildman–Crippen LogP) is 20.6. The Morgan fingerprint density at radius 1 is 0.451 bits per heavy atom. The largest absolute Gasteiger partial charge is 0.497 e. The Morgan fingerprint density at radius 3 is 1.28 bits per heavy atom. The van der Waals surface area contributed by atoms with Crippen molar-refractivity contribution in [2.75, 3.05) is 46.6 Å². The number of rotatable bonds is 51. The van der Waals surface area contributed by atoms with Crippen LogP contribution < -0.4 is 4.74 Å². The Hall–Kier alpha value is -3.50. The molecule has 3 unspecified atom stereocenters. The van der Waals surface area contributed by atoms with Crippen LogP contribution in [0.25, 0.3) is 0 Å². The highest BCUT2D eigenvalue weighted by molar-refractivity contribution is 6.74. The number of methoxy groups -OCH3 is 1. The minimum Gasteiger partial charge on any atom is -0.497 e. The molecule has 3 aromatic rings. The van der Waals surface area contributed by atoms with Gasteiger partial charge in [-0.05, 0) is 118 Å². The molecule has 0 bridgehead atoms. The van der Waals surface area contributed by atoms with Gasteiger partial charge in [-0.25, -0.2) is 0 Å². The molecule has 0 aliphatic carbocycles. The zero-order chi connectivity index (χ0) is 59.6. The Balaban J connectivity index is 1.78. The molecule has 0 aromatic heterocycles. The van der Waals surface area contributed by atoms with Gasteiger partial charge in [0, 0.05) is 19.7 Å². The summed E-state index contributed by atoms with van der Waals surface area (Å²) in [7, 11) is -0.435. The molecule has 3 aromatic carbocycles. The van der Waals surface area contributed by atoms with Gasteiger partial charge in [0.2, 0.25) is 0 Å². The van der Waals surface area contributed by atoms with Crippen molar-refractivity contribution in [3.8, 4) is 5.75 Å². The molecule has 0 fully saturated rings. The van der Waals surface area contributed by atoms with Crippen molar-refractivity contribution < 1.29 is 33.0 Å². The number of unbranched alkanes of at least 4 members (excludes halogenated alkanes) is 20. The summed E-state index contributed by atoms with van der Waals surface area (Å²) < 4.78 is 32.5. The molecule has 0 radical (unpaired) electrons. The molecule has 0 amide bonds. The van der Waals surface area contributed by atoms with Gasteiger partial charge in [-0.2, -0.15) is 0 Å². The lowest BCUT2D eigenvalue weighted by Gasteiger charge is -2.41. The van der Waals surface area contributed by atoms with Gasteiger partial charge in [-0.3, -0.25) is 9.59 Å². The summed E-state index contributed by atoms with van der Waals surface area (Å²) in [6, 6.07) is 29.6. The molecule has 0 saturated heterocycles. The highest BCUT2D eigenvalue weighted by Crippen LogP contribution is 2.42. The Labute approximate surface area is 505 Å². The summed E-state index contributed by atoms with van der Waals surface area (Å²) in [5, 5.41) is 0.0635. The van der Waals surface area contributed by atoms with E-state index in [-0.39, 0.29) is 34.9 Å². The fourth-order valence-corrected chi connectivity index (χ4v) is 12.8. The monoisotopic (exact) mass is 1150 g/mol. The Bertz CT molecular complexity index is 1970. The molecule has 82 heavy (non-hydrogen) atoms. The fraction of sp³-hybridized carbons (Fsp3) is 0.726. The molecular weight excluding hydrogens is 1030 g/mol. The first-order chi connectivity index (χ1) is 39.8. The Kier molecular flexibility index (Phi) is 39.1. The minimum absolute atomic E-state index is 0.0178. The van der Waals surface area contributed by atoms with Crippen molar-refractivity contribution in [2.45, 2.75) is 284 Å². The van der Waals surface area contributed by atoms with Crippen LogP contribution in [0, 0.1) is 11.8 Å². The van der Waals surface area contributed by atoms with Gasteiger partial charge in [-0.15, -0.1) is 0 Å². The SMILES string of the molecule is CCCCCCCCC(CCCCCC)C(=O)OCCCCCCN(CCCOC(c1ccccc1)(c1ccccc1)c1ccc(OC)cc1)CC(CCCCOC(=O)C(CCCCCC)CCCCCCCC)O[Si](C)(C)C(C)(C)C. The third kappa shape index (κ3) is 29.1. The van der Waals surface area contributed by atoms with E-state index in [1.807, 2.05) is 12.1 Å². The second-order valence-corrected chi connectivity index (χ2v) is 30.4. The molecule has 0 N–H and O–H groups in total. The highest BCUT2D eigenvalue weighted by Gasteiger charge is 2.40. The van der Waals surface area contributed by atoms with Crippen molar-refractivity contribution in [3.63, 3.8) is 0 Å². The van der Waals surface area contributed by atoms with Crippen molar-refractivity contribution in [1.82, 2.24) is 4.90 Å². The van der Waals surface area contributed by atoms with E-state index in [0.29, 0.717) is 19.8 Å².